The highest BCUT2D eigenvalue weighted by Crippen LogP contribution is 2.28. The van der Waals surface area contributed by atoms with Crippen molar-refractivity contribution in [2.24, 2.45) is 0 Å². The molecule has 0 fully saturated rings. The van der Waals surface area contributed by atoms with Gasteiger partial charge in [0.2, 0.25) is 21.8 Å². The summed E-state index contributed by atoms with van der Waals surface area (Å²) >= 11 is 0. The van der Waals surface area contributed by atoms with Crippen molar-refractivity contribution >= 4 is 10.0 Å². The van der Waals surface area contributed by atoms with E-state index in [9.17, 15) is 8.42 Å². The lowest BCUT2D eigenvalue weighted by atomic mass is 10.3. The average Bonchev–Trinajstić information content (AvgIpc) is 3.17. The zero-order valence-electron chi connectivity index (χ0n) is 14.7. The number of pyridine rings is 1. The minimum atomic E-state index is -3.80. The number of sulfonamides is 1. The van der Waals surface area contributed by atoms with Gasteiger partial charge in [0, 0.05) is 37.0 Å². The summed E-state index contributed by atoms with van der Waals surface area (Å²) in [6, 6.07) is 8.04. The van der Waals surface area contributed by atoms with Crippen LogP contribution >= 0.6 is 0 Å². The van der Waals surface area contributed by atoms with Crippen LogP contribution in [-0.4, -0.2) is 44.4 Å². The lowest BCUT2D eigenvalue weighted by Crippen LogP contribution is -2.26. The van der Waals surface area contributed by atoms with Crippen molar-refractivity contribution in [2.75, 3.05) is 20.8 Å². The highest BCUT2D eigenvalue weighted by atomic mass is 32.2. The van der Waals surface area contributed by atoms with E-state index in [0.29, 0.717) is 17.5 Å². The Morgan fingerprint density at radius 3 is 2.56 bits per heavy atom. The first kappa shape index (κ1) is 18.8. The van der Waals surface area contributed by atoms with Crippen LogP contribution in [0, 0.1) is 0 Å². The van der Waals surface area contributed by atoms with Crippen molar-refractivity contribution in [3.8, 4) is 23.0 Å². The second kappa shape index (κ2) is 8.14. The molecule has 0 atom stereocenters. The largest absolute Gasteiger partial charge is 0.497 e. The lowest BCUT2D eigenvalue weighted by molar-refractivity contribution is 0.392. The molecule has 142 valence electrons. The maximum Gasteiger partial charge on any atom is 0.247 e. The quantitative estimate of drug-likeness (QED) is 0.617. The molecule has 0 saturated carbocycles. The number of hydrogen-bond acceptors (Lipinski definition) is 8. The molecule has 1 N–H and O–H groups in total. The second-order valence-electron chi connectivity index (χ2n) is 5.40. The van der Waals surface area contributed by atoms with Crippen molar-refractivity contribution in [3.63, 3.8) is 0 Å². The molecule has 0 amide bonds. The molecule has 0 aliphatic rings. The smallest absolute Gasteiger partial charge is 0.247 e. The average molecular weight is 390 g/mol. The molecule has 10 heteroatoms. The Morgan fingerprint density at radius 2 is 1.85 bits per heavy atom. The molecule has 0 spiro atoms. The van der Waals surface area contributed by atoms with Crippen LogP contribution in [0.5, 0.6) is 11.5 Å². The summed E-state index contributed by atoms with van der Waals surface area (Å²) in [6.45, 7) is 0.0840. The Bertz CT molecular complexity index is 1010. The van der Waals surface area contributed by atoms with Gasteiger partial charge in [-0.3, -0.25) is 4.98 Å². The standard InChI is InChI=1S/C17H18N4O5S/c1-24-13-3-4-14(25-2)15(11-13)27(22,23)19-10-7-16-20-21-17(26-16)12-5-8-18-9-6-12/h3-6,8-9,11,19H,7,10H2,1-2H3. The van der Waals surface area contributed by atoms with Crippen LogP contribution in [-0.2, 0) is 16.4 Å². The summed E-state index contributed by atoms with van der Waals surface area (Å²) in [5.74, 6) is 1.31. The zero-order valence-corrected chi connectivity index (χ0v) is 15.6. The highest BCUT2D eigenvalue weighted by molar-refractivity contribution is 7.89. The first-order valence-electron chi connectivity index (χ1n) is 7.98. The predicted molar refractivity (Wildman–Crippen MR) is 96.0 cm³/mol. The van der Waals surface area contributed by atoms with E-state index in [-0.39, 0.29) is 23.6 Å². The predicted octanol–water partition coefficient (Wildman–Crippen LogP) is 1.67. The number of hydrogen-bond donors (Lipinski definition) is 1. The van der Waals surface area contributed by atoms with Gasteiger partial charge in [-0.15, -0.1) is 10.2 Å². The number of nitrogens with zero attached hydrogens (tertiary/aromatic N) is 3. The van der Waals surface area contributed by atoms with Gasteiger partial charge in [-0.05, 0) is 24.3 Å². The molecule has 1 aromatic carbocycles. The molecule has 3 aromatic rings. The Morgan fingerprint density at radius 1 is 1.07 bits per heavy atom. The van der Waals surface area contributed by atoms with Crippen molar-refractivity contribution < 1.29 is 22.3 Å². The van der Waals surface area contributed by atoms with Gasteiger partial charge in [0.25, 0.3) is 0 Å². The van der Waals surface area contributed by atoms with Crippen molar-refractivity contribution in [1.29, 1.82) is 0 Å². The second-order valence-corrected chi connectivity index (χ2v) is 7.14. The van der Waals surface area contributed by atoms with Crippen LogP contribution in [0.4, 0.5) is 0 Å². The third-order valence-electron chi connectivity index (χ3n) is 3.69. The minimum Gasteiger partial charge on any atom is -0.497 e. The van der Waals surface area contributed by atoms with Crippen molar-refractivity contribution in [1.82, 2.24) is 19.9 Å². The Labute approximate surface area is 156 Å². The third-order valence-corrected chi connectivity index (χ3v) is 5.17. The van der Waals surface area contributed by atoms with Crippen LogP contribution in [0.3, 0.4) is 0 Å². The maximum atomic E-state index is 12.6. The van der Waals surface area contributed by atoms with E-state index in [1.165, 1.54) is 26.4 Å². The number of aromatic nitrogens is 3. The summed E-state index contributed by atoms with van der Waals surface area (Å²) in [6.07, 6.45) is 3.48. The normalized spacial score (nSPS) is 11.3. The number of ether oxygens (including phenoxy) is 2. The SMILES string of the molecule is COc1ccc(OC)c(S(=O)(=O)NCCc2nnc(-c3ccncc3)o2)c1. The molecule has 0 radical (unpaired) electrons. The topological polar surface area (TPSA) is 116 Å². The fourth-order valence-electron chi connectivity index (χ4n) is 2.33. The van der Waals surface area contributed by atoms with E-state index in [1.54, 1.807) is 30.6 Å². The Kier molecular flexibility index (Phi) is 5.67. The van der Waals surface area contributed by atoms with Crippen LogP contribution in [0.15, 0.2) is 52.0 Å². The van der Waals surface area contributed by atoms with Gasteiger partial charge in [-0.2, -0.15) is 0 Å². The van der Waals surface area contributed by atoms with E-state index in [2.05, 4.69) is 19.9 Å². The number of benzene rings is 1. The summed E-state index contributed by atoms with van der Waals surface area (Å²) in [5.41, 5.74) is 0.741. The monoisotopic (exact) mass is 390 g/mol. The zero-order chi connectivity index (χ0) is 19.3. The third kappa shape index (κ3) is 4.41. The first-order valence-corrected chi connectivity index (χ1v) is 9.46. The number of rotatable bonds is 8. The molecule has 9 nitrogen and oxygen atoms in total. The molecular formula is C17H18N4O5S. The van der Waals surface area contributed by atoms with Crippen molar-refractivity contribution in [2.45, 2.75) is 11.3 Å². The molecule has 2 heterocycles. The van der Waals surface area contributed by atoms with Crippen molar-refractivity contribution in [3.05, 3.63) is 48.6 Å². The fourth-order valence-corrected chi connectivity index (χ4v) is 3.54. The first-order chi connectivity index (χ1) is 13.0. The molecule has 0 aliphatic heterocycles. The molecule has 0 unspecified atom stereocenters. The van der Waals surface area contributed by atoms with E-state index < -0.39 is 10.0 Å². The fraction of sp³-hybridized carbons (Fsp3) is 0.235. The van der Waals surface area contributed by atoms with Gasteiger partial charge in [0.1, 0.15) is 16.4 Å². The molecule has 27 heavy (non-hydrogen) atoms. The Hall–Kier alpha value is -2.98. The van der Waals surface area contributed by atoms with Crippen LogP contribution in [0.1, 0.15) is 5.89 Å². The van der Waals surface area contributed by atoms with E-state index in [1.807, 2.05) is 0 Å². The van der Waals surface area contributed by atoms with E-state index in [4.69, 9.17) is 13.9 Å². The maximum absolute atomic E-state index is 12.6. The van der Waals surface area contributed by atoms with Gasteiger partial charge < -0.3 is 13.9 Å². The molecular weight excluding hydrogens is 372 g/mol. The van der Waals surface area contributed by atoms with Gasteiger partial charge in [0.05, 0.1) is 14.2 Å². The summed E-state index contributed by atoms with van der Waals surface area (Å²) in [7, 11) is -0.942. The molecule has 0 saturated heterocycles. The number of nitrogens with one attached hydrogen (secondary N) is 1. The molecule has 0 bridgehead atoms. The summed E-state index contributed by atoms with van der Waals surface area (Å²) in [4.78, 5) is 3.92. The van der Waals surface area contributed by atoms with Gasteiger partial charge in [-0.25, -0.2) is 13.1 Å². The molecule has 2 aromatic heterocycles. The summed E-state index contributed by atoms with van der Waals surface area (Å²) < 4.78 is 43.4. The lowest BCUT2D eigenvalue weighted by Gasteiger charge is -2.11. The minimum absolute atomic E-state index is 0.00708. The molecule has 3 rings (SSSR count). The van der Waals surface area contributed by atoms with Crippen LogP contribution in [0.2, 0.25) is 0 Å². The summed E-state index contributed by atoms with van der Waals surface area (Å²) in [5, 5.41) is 7.88. The van der Waals surface area contributed by atoms with Gasteiger partial charge in [0.15, 0.2) is 0 Å². The van der Waals surface area contributed by atoms with Gasteiger partial charge in [-0.1, -0.05) is 0 Å². The van der Waals surface area contributed by atoms with E-state index in [0.717, 1.165) is 5.56 Å². The Balaban J connectivity index is 1.67. The van der Waals surface area contributed by atoms with Crippen LogP contribution < -0.4 is 14.2 Å². The highest BCUT2D eigenvalue weighted by Gasteiger charge is 2.20. The van der Waals surface area contributed by atoms with E-state index >= 15 is 0 Å². The molecule has 0 aliphatic carbocycles. The number of methoxy groups -OCH3 is 2. The van der Waals surface area contributed by atoms with Crippen LogP contribution in [0.25, 0.3) is 11.5 Å². The van der Waals surface area contributed by atoms with Gasteiger partial charge >= 0.3 is 0 Å².